The van der Waals surface area contributed by atoms with Gasteiger partial charge in [-0.1, -0.05) is 12.1 Å². The third-order valence-electron chi connectivity index (χ3n) is 3.97. The van der Waals surface area contributed by atoms with Gasteiger partial charge in [0.05, 0.1) is 13.7 Å². The molecule has 0 radical (unpaired) electrons. The summed E-state index contributed by atoms with van der Waals surface area (Å²) in [4.78, 5) is 23.8. The molecule has 2 heterocycles. The van der Waals surface area contributed by atoms with Gasteiger partial charge in [0, 0.05) is 18.9 Å². The van der Waals surface area contributed by atoms with Gasteiger partial charge >= 0.3 is 5.97 Å². The van der Waals surface area contributed by atoms with E-state index in [1.165, 1.54) is 6.07 Å². The van der Waals surface area contributed by atoms with Crippen molar-refractivity contribution < 1.29 is 23.5 Å². The van der Waals surface area contributed by atoms with Gasteiger partial charge in [0.2, 0.25) is 5.76 Å². The zero-order valence-corrected chi connectivity index (χ0v) is 15.5. The van der Waals surface area contributed by atoms with Gasteiger partial charge in [0.1, 0.15) is 11.5 Å². The number of rotatable bonds is 9. The Balaban J connectivity index is 1.37. The topological polar surface area (TPSA) is 95.6 Å². The Morgan fingerprint density at radius 3 is 2.71 bits per heavy atom. The third-order valence-corrected chi connectivity index (χ3v) is 3.97. The van der Waals surface area contributed by atoms with Crippen LogP contribution in [0, 0.1) is 0 Å². The first-order chi connectivity index (χ1) is 13.6. The maximum absolute atomic E-state index is 12.0. The largest absolute Gasteiger partial charge is 0.497 e. The molecule has 146 valence electrons. The van der Waals surface area contributed by atoms with Crippen LogP contribution < -0.4 is 10.1 Å². The minimum atomic E-state index is -0.683. The molecule has 0 aliphatic carbocycles. The minimum Gasteiger partial charge on any atom is -0.497 e. The summed E-state index contributed by atoms with van der Waals surface area (Å²) in [6.45, 7) is 0.486. The van der Waals surface area contributed by atoms with Crippen LogP contribution in [-0.4, -0.2) is 41.9 Å². The maximum atomic E-state index is 12.0. The lowest BCUT2D eigenvalue weighted by Gasteiger charge is -2.06. The Labute approximate surface area is 162 Å². The van der Waals surface area contributed by atoms with Crippen LogP contribution in [0.2, 0.25) is 0 Å². The summed E-state index contributed by atoms with van der Waals surface area (Å²) in [5, 5.41) is 6.78. The fraction of sp³-hybridized carbons (Fsp3) is 0.250. The van der Waals surface area contributed by atoms with Crippen molar-refractivity contribution >= 4 is 11.9 Å². The number of esters is 1. The van der Waals surface area contributed by atoms with Gasteiger partial charge in [-0.2, -0.15) is 5.10 Å². The SMILES string of the molecule is COc1ccc(CCNC(=O)COC(=O)c2ccc(Cn3cccn3)o2)cc1. The smallest absolute Gasteiger partial charge is 0.374 e. The third kappa shape index (κ3) is 5.47. The molecule has 0 saturated heterocycles. The van der Waals surface area contributed by atoms with E-state index >= 15 is 0 Å². The van der Waals surface area contributed by atoms with E-state index in [2.05, 4.69) is 10.4 Å². The molecule has 0 fully saturated rings. The molecule has 0 unspecified atom stereocenters. The summed E-state index contributed by atoms with van der Waals surface area (Å²) < 4.78 is 17.2. The van der Waals surface area contributed by atoms with E-state index in [1.807, 2.05) is 24.3 Å². The molecular weight excluding hydrogens is 362 g/mol. The van der Waals surface area contributed by atoms with Gasteiger partial charge < -0.3 is 19.2 Å². The second-order valence-corrected chi connectivity index (χ2v) is 5.99. The van der Waals surface area contributed by atoms with Crippen molar-refractivity contribution in [1.82, 2.24) is 15.1 Å². The van der Waals surface area contributed by atoms with Crippen molar-refractivity contribution in [3.63, 3.8) is 0 Å². The highest BCUT2D eigenvalue weighted by Gasteiger charge is 2.14. The number of carbonyl (C=O) groups is 2. The van der Waals surface area contributed by atoms with Crippen LogP contribution in [-0.2, 0) is 22.5 Å². The van der Waals surface area contributed by atoms with Crippen LogP contribution in [0.1, 0.15) is 21.9 Å². The van der Waals surface area contributed by atoms with E-state index in [0.717, 1.165) is 11.3 Å². The highest BCUT2D eigenvalue weighted by molar-refractivity contribution is 5.88. The number of methoxy groups -OCH3 is 1. The summed E-state index contributed by atoms with van der Waals surface area (Å²) in [5.74, 6) is 0.348. The van der Waals surface area contributed by atoms with Crippen LogP contribution in [0.4, 0.5) is 0 Å². The molecule has 0 aliphatic rings. The van der Waals surface area contributed by atoms with Gasteiger partial charge in [-0.3, -0.25) is 9.48 Å². The quantitative estimate of drug-likeness (QED) is 0.568. The Hall–Kier alpha value is -3.55. The lowest BCUT2D eigenvalue weighted by atomic mass is 10.1. The van der Waals surface area contributed by atoms with E-state index in [1.54, 1.807) is 36.3 Å². The zero-order chi connectivity index (χ0) is 19.8. The molecule has 0 atom stereocenters. The standard InChI is InChI=1S/C20H21N3O5/c1-26-16-5-3-15(4-6-16)9-11-21-19(24)14-27-20(25)18-8-7-17(28-18)13-23-12-2-10-22-23/h2-8,10,12H,9,11,13-14H2,1H3,(H,21,24). The first kappa shape index (κ1) is 19.2. The number of furan rings is 1. The van der Waals surface area contributed by atoms with E-state index in [0.29, 0.717) is 25.3 Å². The van der Waals surface area contributed by atoms with Crippen molar-refractivity contribution in [2.75, 3.05) is 20.3 Å². The second kappa shape index (κ2) is 9.40. The first-order valence-electron chi connectivity index (χ1n) is 8.77. The molecule has 0 bridgehead atoms. The van der Waals surface area contributed by atoms with Crippen molar-refractivity contribution in [2.24, 2.45) is 0 Å². The Morgan fingerprint density at radius 1 is 1.18 bits per heavy atom. The lowest BCUT2D eigenvalue weighted by Crippen LogP contribution is -2.30. The molecule has 8 heteroatoms. The molecule has 1 aromatic carbocycles. The van der Waals surface area contributed by atoms with Crippen molar-refractivity contribution in [3.05, 3.63) is 71.9 Å². The molecule has 0 aliphatic heterocycles. The fourth-order valence-electron chi connectivity index (χ4n) is 2.52. The van der Waals surface area contributed by atoms with E-state index in [9.17, 15) is 9.59 Å². The number of carbonyl (C=O) groups excluding carboxylic acids is 2. The Kier molecular flexibility index (Phi) is 6.46. The average molecular weight is 383 g/mol. The van der Waals surface area contributed by atoms with Gasteiger partial charge in [-0.25, -0.2) is 4.79 Å². The molecule has 3 rings (SSSR count). The summed E-state index contributed by atoms with van der Waals surface area (Å²) >= 11 is 0. The van der Waals surface area contributed by atoms with Crippen LogP contribution in [0.3, 0.4) is 0 Å². The predicted octanol–water partition coefficient (Wildman–Crippen LogP) is 2.05. The Morgan fingerprint density at radius 2 is 2.00 bits per heavy atom. The van der Waals surface area contributed by atoms with Crippen LogP contribution in [0.5, 0.6) is 5.75 Å². The Bertz CT molecular complexity index is 900. The highest BCUT2D eigenvalue weighted by atomic mass is 16.5. The minimum absolute atomic E-state index is 0.0492. The van der Waals surface area contributed by atoms with Crippen molar-refractivity contribution in [1.29, 1.82) is 0 Å². The number of aromatic nitrogens is 2. The number of nitrogens with zero attached hydrogens (tertiary/aromatic N) is 2. The summed E-state index contributed by atoms with van der Waals surface area (Å²) in [6, 6.07) is 12.6. The molecule has 1 amide bonds. The van der Waals surface area contributed by atoms with E-state index < -0.39 is 5.97 Å². The normalized spacial score (nSPS) is 10.5. The molecule has 2 aromatic heterocycles. The first-order valence-corrected chi connectivity index (χ1v) is 8.77. The lowest BCUT2D eigenvalue weighted by molar-refractivity contribution is -0.124. The van der Waals surface area contributed by atoms with Gasteiger partial charge in [-0.05, 0) is 42.3 Å². The number of ether oxygens (including phenoxy) is 2. The molecular formula is C20H21N3O5. The van der Waals surface area contributed by atoms with E-state index in [4.69, 9.17) is 13.9 Å². The summed E-state index contributed by atoms with van der Waals surface area (Å²) in [7, 11) is 1.61. The number of nitrogens with one attached hydrogen (secondary N) is 1. The number of hydrogen-bond acceptors (Lipinski definition) is 6. The average Bonchev–Trinajstić information content (AvgIpc) is 3.39. The molecule has 1 N–H and O–H groups in total. The molecule has 3 aromatic rings. The second-order valence-electron chi connectivity index (χ2n) is 5.99. The highest BCUT2D eigenvalue weighted by Crippen LogP contribution is 2.12. The van der Waals surface area contributed by atoms with Crippen molar-refractivity contribution in [2.45, 2.75) is 13.0 Å². The monoisotopic (exact) mass is 383 g/mol. The van der Waals surface area contributed by atoms with Crippen LogP contribution in [0.15, 0.2) is 59.3 Å². The molecule has 8 nitrogen and oxygen atoms in total. The van der Waals surface area contributed by atoms with Gasteiger partial charge in [-0.15, -0.1) is 0 Å². The molecule has 0 spiro atoms. The number of hydrogen-bond donors (Lipinski definition) is 1. The van der Waals surface area contributed by atoms with Gasteiger partial charge in [0.25, 0.3) is 5.91 Å². The predicted molar refractivity (Wildman–Crippen MR) is 100 cm³/mol. The maximum Gasteiger partial charge on any atom is 0.374 e. The number of amides is 1. The molecule has 28 heavy (non-hydrogen) atoms. The summed E-state index contributed by atoms with van der Waals surface area (Å²) in [6.07, 6.45) is 4.11. The van der Waals surface area contributed by atoms with Gasteiger partial charge in [0.15, 0.2) is 6.61 Å². The van der Waals surface area contributed by atoms with Crippen molar-refractivity contribution in [3.8, 4) is 5.75 Å². The molecule has 0 saturated carbocycles. The zero-order valence-electron chi connectivity index (χ0n) is 15.5. The van der Waals surface area contributed by atoms with Crippen LogP contribution in [0.25, 0.3) is 0 Å². The van der Waals surface area contributed by atoms with E-state index in [-0.39, 0.29) is 18.3 Å². The fourth-order valence-corrected chi connectivity index (χ4v) is 2.52. The summed E-state index contributed by atoms with van der Waals surface area (Å²) in [5.41, 5.74) is 1.07. The van der Waals surface area contributed by atoms with Crippen LogP contribution >= 0.6 is 0 Å². The number of benzene rings is 1.